The molecule has 0 bridgehead atoms. The Morgan fingerprint density at radius 1 is 1.25 bits per heavy atom. The Labute approximate surface area is 134 Å². The normalized spacial score (nSPS) is 23.6. The molecule has 2 aliphatic rings. The van der Waals surface area contributed by atoms with E-state index in [1.807, 2.05) is 0 Å². The van der Waals surface area contributed by atoms with Gasteiger partial charge in [0, 0.05) is 48.2 Å². The van der Waals surface area contributed by atoms with E-state index in [4.69, 9.17) is 0 Å². The third kappa shape index (κ3) is 4.00. The molecule has 1 aliphatic carbocycles. The van der Waals surface area contributed by atoms with Crippen LogP contribution in [-0.2, 0) is 12.8 Å². The summed E-state index contributed by atoms with van der Waals surface area (Å²) >= 11 is 5.66. The van der Waals surface area contributed by atoms with Crippen molar-refractivity contribution < 1.29 is 0 Å². The van der Waals surface area contributed by atoms with Crippen LogP contribution in [-0.4, -0.2) is 48.6 Å². The summed E-state index contributed by atoms with van der Waals surface area (Å²) in [5.74, 6) is 2.62. The highest BCUT2D eigenvalue weighted by atomic mass is 79.9. The lowest BCUT2D eigenvalue weighted by atomic mass is 9.88. The Balaban J connectivity index is 1.44. The predicted molar refractivity (Wildman–Crippen MR) is 91.7 cm³/mol. The summed E-state index contributed by atoms with van der Waals surface area (Å²) in [4.78, 5) is 2.59. The summed E-state index contributed by atoms with van der Waals surface area (Å²) in [5, 5.41) is 3.76. The van der Waals surface area contributed by atoms with Crippen LogP contribution in [0.4, 0.5) is 0 Å². The molecule has 0 saturated carbocycles. The molecular weight excluding hydrogens is 332 g/mol. The number of nitrogens with one attached hydrogen (secondary N) is 1. The Morgan fingerprint density at radius 3 is 2.95 bits per heavy atom. The van der Waals surface area contributed by atoms with Gasteiger partial charge in [0.2, 0.25) is 0 Å². The molecule has 0 aromatic heterocycles. The van der Waals surface area contributed by atoms with E-state index >= 15 is 0 Å². The number of halogens is 1. The van der Waals surface area contributed by atoms with E-state index in [0.29, 0.717) is 6.04 Å². The van der Waals surface area contributed by atoms with Gasteiger partial charge in [-0.3, -0.25) is 0 Å². The van der Waals surface area contributed by atoms with E-state index in [9.17, 15) is 0 Å². The minimum atomic E-state index is 0.669. The molecule has 1 fully saturated rings. The maximum absolute atomic E-state index is 3.76. The fourth-order valence-electron chi connectivity index (χ4n) is 3.15. The lowest BCUT2D eigenvalue weighted by Gasteiger charge is -2.29. The standard InChI is InChI=1S/C16H23BrN2S/c17-15-3-1-14-12-16(4-2-13(14)11-15)18-5-6-19-7-9-20-10-8-19/h1,3,11,16,18H,2,4-10,12H2. The van der Waals surface area contributed by atoms with Gasteiger partial charge in [0.25, 0.3) is 0 Å². The van der Waals surface area contributed by atoms with Crippen LogP contribution in [0.15, 0.2) is 22.7 Å². The van der Waals surface area contributed by atoms with E-state index in [1.54, 1.807) is 0 Å². The monoisotopic (exact) mass is 354 g/mol. The summed E-state index contributed by atoms with van der Waals surface area (Å²) in [6.45, 7) is 4.90. The summed E-state index contributed by atoms with van der Waals surface area (Å²) in [6.07, 6.45) is 3.69. The third-order valence-electron chi connectivity index (χ3n) is 4.36. The Bertz CT molecular complexity index is 446. The lowest BCUT2D eigenvalue weighted by Crippen LogP contribution is -2.42. The van der Waals surface area contributed by atoms with E-state index < -0.39 is 0 Å². The summed E-state index contributed by atoms with van der Waals surface area (Å²) in [6, 6.07) is 7.42. The molecule has 4 heteroatoms. The molecule has 1 aromatic carbocycles. The molecule has 0 spiro atoms. The first kappa shape index (κ1) is 14.9. The largest absolute Gasteiger partial charge is 0.312 e. The molecule has 1 heterocycles. The van der Waals surface area contributed by atoms with Crippen molar-refractivity contribution >= 4 is 27.7 Å². The molecule has 1 N–H and O–H groups in total. The fraction of sp³-hybridized carbons (Fsp3) is 0.625. The average molecular weight is 355 g/mol. The van der Waals surface area contributed by atoms with Crippen molar-refractivity contribution in [2.45, 2.75) is 25.3 Å². The van der Waals surface area contributed by atoms with Crippen molar-refractivity contribution in [3.63, 3.8) is 0 Å². The van der Waals surface area contributed by atoms with Crippen molar-refractivity contribution in [1.82, 2.24) is 10.2 Å². The van der Waals surface area contributed by atoms with Gasteiger partial charge in [-0.2, -0.15) is 11.8 Å². The zero-order valence-electron chi connectivity index (χ0n) is 11.9. The van der Waals surface area contributed by atoms with Crippen LogP contribution in [0, 0.1) is 0 Å². The Morgan fingerprint density at radius 2 is 2.10 bits per heavy atom. The minimum Gasteiger partial charge on any atom is -0.312 e. The van der Waals surface area contributed by atoms with E-state index in [0.717, 1.165) is 6.54 Å². The zero-order valence-corrected chi connectivity index (χ0v) is 14.3. The molecule has 0 amide bonds. The van der Waals surface area contributed by atoms with Crippen molar-refractivity contribution in [2.75, 3.05) is 37.7 Å². The van der Waals surface area contributed by atoms with Crippen LogP contribution in [0.5, 0.6) is 0 Å². The van der Waals surface area contributed by atoms with Crippen molar-refractivity contribution in [3.05, 3.63) is 33.8 Å². The number of rotatable bonds is 4. The number of hydrogen-bond acceptors (Lipinski definition) is 3. The van der Waals surface area contributed by atoms with Crippen molar-refractivity contribution in [1.29, 1.82) is 0 Å². The summed E-state index contributed by atoms with van der Waals surface area (Å²) in [7, 11) is 0. The van der Waals surface area contributed by atoms with Gasteiger partial charge in [0.1, 0.15) is 0 Å². The highest BCUT2D eigenvalue weighted by Gasteiger charge is 2.18. The Kier molecular flexibility index (Phi) is 5.43. The van der Waals surface area contributed by atoms with Crippen LogP contribution in [0.25, 0.3) is 0 Å². The predicted octanol–water partition coefficient (Wildman–Crippen LogP) is 2.94. The number of hydrogen-bond donors (Lipinski definition) is 1. The fourth-order valence-corrected chi connectivity index (χ4v) is 4.54. The van der Waals surface area contributed by atoms with Crippen molar-refractivity contribution in [2.24, 2.45) is 0 Å². The van der Waals surface area contributed by atoms with Crippen LogP contribution in [0.3, 0.4) is 0 Å². The van der Waals surface area contributed by atoms with Gasteiger partial charge in [-0.25, -0.2) is 0 Å². The van der Waals surface area contributed by atoms with Crippen LogP contribution in [0.1, 0.15) is 17.5 Å². The first-order valence-electron chi connectivity index (χ1n) is 7.62. The molecule has 1 aliphatic heterocycles. The molecule has 1 saturated heterocycles. The SMILES string of the molecule is Brc1ccc2c(c1)CCC(NCCN1CCSCC1)C2. The molecule has 1 atom stereocenters. The van der Waals surface area contributed by atoms with Gasteiger partial charge in [0.15, 0.2) is 0 Å². The number of benzene rings is 1. The zero-order chi connectivity index (χ0) is 13.8. The van der Waals surface area contributed by atoms with Crippen LogP contribution >= 0.6 is 27.7 Å². The molecule has 1 unspecified atom stereocenters. The summed E-state index contributed by atoms with van der Waals surface area (Å²) < 4.78 is 1.21. The molecule has 20 heavy (non-hydrogen) atoms. The smallest absolute Gasteiger partial charge is 0.0178 e. The van der Waals surface area contributed by atoms with E-state index in [-0.39, 0.29) is 0 Å². The maximum Gasteiger partial charge on any atom is 0.0178 e. The molecule has 0 radical (unpaired) electrons. The van der Waals surface area contributed by atoms with Gasteiger partial charge in [-0.05, 0) is 42.5 Å². The van der Waals surface area contributed by atoms with Gasteiger partial charge in [0.05, 0.1) is 0 Å². The second kappa shape index (κ2) is 7.30. The van der Waals surface area contributed by atoms with E-state index in [1.165, 1.54) is 66.0 Å². The molecule has 110 valence electrons. The molecule has 1 aromatic rings. The van der Waals surface area contributed by atoms with Crippen molar-refractivity contribution in [3.8, 4) is 0 Å². The highest BCUT2D eigenvalue weighted by Crippen LogP contribution is 2.24. The second-order valence-corrected chi connectivity index (χ2v) is 7.90. The number of thioether (sulfide) groups is 1. The quantitative estimate of drug-likeness (QED) is 0.894. The first-order valence-corrected chi connectivity index (χ1v) is 9.57. The highest BCUT2D eigenvalue weighted by molar-refractivity contribution is 9.10. The molecule has 2 nitrogen and oxygen atoms in total. The topological polar surface area (TPSA) is 15.3 Å². The molecule has 3 rings (SSSR count). The van der Waals surface area contributed by atoms with Gasteiger partial charge >= 0.3 is 0 Å². The average Bonchev–Trinajstić information content (AvgIpc) is 2.48. The number of fused-ring (bicyclic) bond motifs is 1. The van der Waals surface area contributed by atoms with Gasteiger partial charge in [-0.15, -0.1) is 0 Å². The number of nitrogens with zero attached hydrogens (tertiary/aromatic N) is 1. The second-order valence-electron chi connectivity index (χ2n) is 5.76. The molecular formula is C16H23BrN2S. The van der Waals surface area contributed by atoms with Crippen LogP contribution < -0.4 is 5.32 Å². The minimum absolute atomic E-state index is 0.669. The van der Waals surface area contributed by atoms with Gasteiger partial charge < -0.3 is 10.2 Å². The lowest BCUT2D eigenvalue weighted by molar-refractivity contribution is 0.292. The van der Waals surface area contributed by atoms with Gasteiger partial charge in [-0.1, -0.05) is 22.0 Å². The van der Waals surface area contributed by atoms with E-state index in [2.05, 4.69) is 56.1 Å². The third-order valence-corrected chi connectivity index (χ3v) is 5.80. The number of aryl methyl sites for hydroxylation is 1. The first-order chi connectivity index (χ1) is 9.81. The maximum atomic E-state index is 3.76. The van der Waals surface area contributed by atoms with Crippen LogP contribution in [0.2, 0.25) is 0 Å². The summed E-state index contributed by atoms with van der Waals surface area (Å²) in [5.41, 5.74) is 3.07. The Hall–Kier alpha value is -0.0300.